The molecule has 0 radical (unpaired) electrons. The van der Waals surface area contributed by atoms with Crippen LogP contribution in [0, 0.1) is 12.7 Å². The molecule has 0 aliphatic carbocycles. The van der Waals surface area contributed by atoms with Gasteiger partial charge in [-0.3, -0.25) is 14.3 Å². The van der Waals surface area contributed by atoms with Crippen LogP contribution in [0.2, 0.25) is 0 Å². The van der Waals surface area contributed by atoms with Gasteiger partial charge >= 0.3 is 0 Å². The largest absolute Gasteiger partial charge is 0.378 e. The zero-order chi connectivity index (χ0) is 25.6. The highest BCUT2D eigenvalue weighted by atomic mass is 19.3. The van der Waals surface area contributed by atoms with Gasteiger partial charge in [-0.1, -0.05) is 18.2 Å². The monoisotopic (exact) mass is 501 g/mol. The Bertz CT molecular complexity index is 1330. The number of hydrogen-bond acceptors (Lipinski definition) is 6. The maximum Gasteiger partial charge on any atom is 0.266 e. The van der Waals surface area contributed by atoms with Gasteiger partial charge in [0.25, 0.3) is 12.0 Å². The van der Waals surface area contributed by atoms with Crippen LogP contribution in [0.3, 0.4) is 0 Å². The van der Waals surface area contributed by atoms with Crippen molar-refractivity contribution in [3.8, 4) is 0 Å². The molecule has 1 atom stereocenters. The third-order valence-corrected chi connectivity index (χ3v) is 7.43. The minimum absolute atomic E-state index is 0.0827. The highest BCUT2D eigenvalue weighted by molar-refractivity contribution is 5.87. The number of rotatable bonds is 6. The number of aromatic nitrogens is 3. The van der Waals surface area contributed by atoms with Crippen molar-refractivity contribution in [1.82, 2.24) is 19.4 Å². The lowest BCUT2D eigenvalue weighted by Gasteiger charge is -2.41. The number of halogens is 3. The predicted octanol–water partition coefficient (Wildman–Crippen LogP) is 4.46. The van der Waals surface area contributed by atoms with Gasteiger partial charge in [-0.2, -0.15) is 0 Å². The van der Waals surface area contributed by atoms with E-state index in [9.17, 15) is 18.0 Å². The van der Waals surface area contributed by atoms with E-state index in [1.807, 2.05) is 6.07 Å². The number of likely N-dealkylation sites (tertiary alicyclic amines) is 1. The molecule has 36 heavy (non-hydrogen) atoms. The number of hydrogen-bond donors (Lipinski definition) is 1. The molecule has 7 nitrogen and oxygen atoms in total. The lowest BCUT2D eigenvalue weighted by atomic mass is 9.89. The Morgan fingerprint density at radius 2 is 1.83 bits per heavy atom. The first kappa shape index (κ1) is 24.7. The summed E-state index contributed by atoms with van der Waals surface area (Å²) < 4.78 is 48.1. The average molecular weight is 502 g/mol. The van der Waals surface area contributed by atoms with Crippen molar-refractivity contribution in [2.45, 2.75) is 51.1 Å². The number of aryl methyl sites for hydroxylation is 2. The van der Waals surface area contributed by atoms with Gasteiger partial charge in [-0.25, -0.2) is 23.1 Å². The Morgan fingerprint density at radius 1 is 1.14 bits per heavy atom. The van der Waals surface area contributed by atoms with Crippen molar-refractivity contribution in [2.24, 2.45) is 7.05 Å². The highest BCUT2D eigenvalue weighted by Gasteiger charge is 2.31. The molecule has 2 saturated heterocycles. The first-order chi connectivity index (χ1) is 17.2. The quantitative estimate of drug-likeness (QED) is 0.538. The Morgan fingerprint density at radius 3 is 2.47 bits per heavy atom. The number of nitrogens with zero attached hydrogens (tertiary/aromatic N) is 4. The zero-order valence-corrected chi connectivity index (χ0v) is 20.6. The number of fused-ring (bicyclic) bond motifs is 1. The van der Waals surface area contributed by atoms with Crippen molar-refractivity contribution in [3.63, 3.8) is 0 Å². The second-order valence-electron chi connectivity index (χ2n) is 9.74. The maximum absolute atomic E-state index is 14.8. The lowest BCUT2D eigenvalue weighted by Crippen LogP contribution is -2.51. The molecule has 5 rings (SSSR count). The van der Waals surface area contributed by atoms with Gasteiger partial charge in [0.2, 0.25) is 0 Å². The number of anilines is 1. The van der Waals surface area contributed by atoms with E-state index in [0.29, 0.717) is 34.3 Å². The molecule has 3 aromatic rings. The number of alkyl halides is 2. The molecule has 192 valence electrons. The number of benzene rings is 1. The molecule has 0 saturated carbocycles. The third-order valence-electron chi connectivity index (χ3n) is 7.43. The van der Waals surface area contributed by atoms with Crippen molar-refractivity contribution in [1.29, 1.82) is 0 Å². The van der Waals surface area contributed by atoms with Crippen LogP contribution < -0.4 is 10.9 Å². The molecule has 1 N–H and O–H groups in total. The van der Waals surface area contributed by atoms with Crippen LogP contribution in [0.25, 0.3) is 11.0 Å². The van der Waals surface area contributed by atoms with E-state index in [1.165, 1.54) is 12.1 Å². The SMILES string of the molecule is Cc1nc(N[C@H](C)c2cccc(C(F)F)c2F)c2cc(C3CCN(C4COC4)CC3)c(=O)n(C)c2n1. The van der Waals surface area contributed by atoms with Gasteiger partial charge in [0.1, 0.15) is 23.1 Å². The molecule has 2 aromatic heterocycles. The standard InChI is InChI=1S/C26H30F3N5O2/c1-14(18-5-4-6-19(22(18)27)23(28)29)30-24-21-11-20(26(35)33(3)25(21)32-15(2)31-24)16-7-9-34(10-8-16)17-12-36-13-17/h4-6,11,14,16-17,23H,7-10,12-13H2,1-3H3,(H,30,31,32)/t14-/m1/s1. The first-order valence-electron chi connectivity index (χ1n) is 12.3. The molecule has 2 aliphatic rings. The van der Waals surface area contributed by atoms with Crippen molar-refractivity contribution < 1.29 is 17.9 Å². The summed E-state index contributed by atoms with van der Waals surface area (Å²) in [5.74, 6) is 0.0573. The molecule has 2 fully saturated rings. The van der Waals surface area contributed by atoms with Gasteiger partial charge in [0, 0.05) is 18.2 Å². The highest BCUT2D eigenvalue weighted by Crippen LogP contribution is 2.33. The maximum atomic E-state index is 14.8. The van der Waals surface area contributed by atoms with E-state index in [-0.39, 0.29) is 17.0 Å². The molecule has 10 heteroatoms. The molecule has 0 amide bonds. The molecule has 0 spiro atoms. The van der Waals surface area contributed by atoms with Crippen molar-refractivity contribution in [3.05, 3.63) is 63.0 Å². The summed E-state index contributed by atoms with van der Waals surface area (Å²) in [5, 5.41) is 3.83. The van der Waals surface area contributed by atoms with Crippen LogP contribution >= 0.6 is 0 Å². The third kappa shape index (κ3) is 4.48. The van der Waals surface area contributed by atoms with E-state index in [1.54, 1.807) is 25.5 Å². The Hall–Kier alpha value is -2.98. The normalized spacial score (nSPS) is 18.5. The molecule has 0 bridgehead atoms. The van der Waals surface area contributed by atoms with Crippen LogP contribution in [0.4, 0.5) is 19.0 Å². The number of pyridine rings is 1. The molecule has 0 unspecified atom stereocenters. The van der Waals surface area contributed by atoms with Gasteiger partial charge in [-0.15, -0.1) is 0 Å². The average Bonchev–Trinajstić information content (AvgIpc) is 2.81. The molecular weight excluding hydrogens is 471 g/mol. The summed E-state index contributed by atoms with van der Waals surface area (Å²) in [7, 11) is 1.69. The first-order valence-corrected chi connectivity index (χ1v) is 12.3. The fourth-order valence-corrected chi connectivity index (χ4v) is 5.23. The Balaban J connectivity index is 1.49. The summed E-state index contributed by atoms with van der Waals surface area (Å²) in [6.45, 7) is 6.77. The van der Waals surface area contributed by atoms with Gasteiger partial charge in [0.05, 0.1) is 36.2 Å². The summed E-state index contributed by atoms with van der Waals surface area (Å²) in [6.07, 6.45) is -1.16. The van der Waals surface area contributed by atoms with Crippen LogP contribution in [0.15, 0.2) is 29.1 Å². The fourth-order valence-electron chi connectivity index (χ4n) is 5.23. The number of ether oxygens (including phenoxy) is 1. The van der Waals surface area contributed by atoms with Gasteiger partial charge < -0.3 is 10.1 Å². The predicted molar refractivity (Wildman–Crippen MR) is 131 cm³/mol. The van der Waals surface area contributed by atoms with E-state index in [4.69, 9.17) is 4.74 Å². The smallest absolute Gasteiger partial charge is 0.266 e. The topological polar surface area (TPSA) is 72.3 Å². The molecule has 4 heterocycles. The summed E-state index contributed by atoms with van der Waals surface area (Å²) >= 11 is 0. The second kappa shape index (κ2) is 9.82. The van der Waals surface area contributed by atoms with E-state index < -0.39 is 23.8 Å². The van der Waals surface area contributed by atoms with Crippen LogP contribution in [-0.2, 0) is 11.8 Å². The fraction of sp³-hybridized carbons (Fsp3) is 0.500. The Labute approximate surface area is 207 Å². The van der Waals surface area contributed by atoms with Crippen molar-refractivity contribution >= 4 is 16.9 Å². The van der Waals surface area contributed by atoms with Crippen LogP contribution in [0.5, 0.6) is 0 Å². The second-order valence-corrected chi connectivity index (χ2v) is 9.74. The van der Waals surface area contributed by atoms with E-state index >= 15 is 0 Å². The van der Waals surface area contributed by atoms with E-state index in [0.717, 1.165) is 45.2 Å². The van der Waals surface area contributed by atoms with Gasteiger partial charge in [0.15, 0.2) is 0 Å². The van der Waals surface area contributed by atoms with Gasteiger partial charge in [-0.05, 0) is 51.8 Å². The summed E-state index contributed by atoms with van der Waals surface area (Å²) in [6, 6.07) is 5.68. The molecular formula is C26H30F3N5O2. The number of nitrogens with one attached hydrogen (secondary N) is 1. The number of piperidine rings is 1. The summed E-state index contributed by atoms with van der Waals surface area (Å²) in [4.78, 5) is 24.8. The van der Waals surface area contributed by atoms with E-state index in [2.05, 4.69) is 20.2 Å². The Kier molecular flexibility index (Phi) is 6.74. The molecule has 1 aromatic carbocycles. The molecule has 2 aliphatic heterocycles. The minimum Gasteiger partial charge on any atom is -0.378 e. The summed E-state index contributed by atoms with van der Waals surface area (Å²) in [5.41, 5.74) is 0.588. The lowest BCUT2D eigenvalue weighted by molar-refractivity contribution is -0.0713. The van der Waals surface area contributed by atoms with Crippen LogP contribution in [-0.4, -0.2) is 51.8 Å². The van der Waals surface area contributed by atoms with Crippen LogP contribution in [0.1, 0.15) is 60.7 Å². The van der Waals surface area contributed by atoms with Crippen molar-refractivity contribution in [2.75, 3.05) is 31.6 Å². The minimum atomic E-state index is -2.90. The zero-order valence-electron chi connectivity index (χ0n) is 20.6.